The van der Waals surface area contributed by atoms with Crippen LogP contribution in [0.1, 0.15) is 29.9 Å². The van der Waals surface area contributed by atoms with E-state index in [1.807, 2.05) is 6.92 Å². The molecule has 0 atom stereocenters. The maximum Gasteiger partial charge on any atom is 0.339 e. The molecule has 0 amide bonds. The molecule has 0 fully saturated rings. The molecule has 0 unspecified atom stereocenters. The molecule has 1 heterocycles. The number of aromatic nitrogens is 1. The summed E-state index contributed by atoms with van der Waals surface area (Å²) in [7, 11) is 0. The van der Waals surface area contributed by atoms with E-state index in [2.05, 4.69) is 29.0 Å². The molecule has 0 saturated carbocycles. The average Bonchev–Trinajstić information content (AvgIpc) is 2.34. The first kappa shape index (κ1) is 14.4. The summed E-state index contributed by atoms with van der Waals surface area (Å²) in [5.41, 5.74) is 1.03. The van der Waals surface area contributed by atoms with Crippen molar-refractivity contribution in [3.63, 3.8) is 0 Å². The van der Waals surface area contributed by atoms with Crippen LogP contribution in [-0.4, -0.2) is 47.1 Å². The maximum absolute atomic E-state index is 11.1. The molecule has 0 bridgehead atoms. The Kier molecular flexibility index (Phi) is 5.58. The summed E-state index contributed by atoms with van der Waals surface area (Å²) in [6, 6.07) is 3.30. The summed E-state index contributed by atoms with van der Waals surface area (Å²) in [5, 5.41) is 12.2. The zero-order valence-corrected chi connectivity index (χ0v) is 11.2. The van der Waals surface area contributed by atoms with Crippen LogP contribution in [0.25, 0.3) is 0 Å². The van der Waals surface area contributed by atoms with Gasteiger partial charge in [-0.3, -0.25) is 0 Å². The zero-order valence-electron chi connectivity index (χ0n) is 11.2. The van der Waals surface area contributed by atoms with Crippen LogP contribution in [0.5, 0.6) is 0 Å². The molecule has 18 heavy (non-hydrogen) atoms. The Morgan fingerprint density at radius 3 is 2.61 bits per heavy atom. The van der Waals surface area contributed by atoms with E-state index in [-0.39, 0.29) is 5.56 Å². The number of pyridine rings is 1. The van der Waals surface area contributed by atoms with Gasteiger partial charge >= 0.3 is 5.97 Å². The van der Waals surface area contributed by atoms with Gasteiger partial charge in [-0.15, -0.1) is 0 Å². The summed E-state index contributed by atoms with van der Waals surface area (Å²) in [6.07, 6.45) is 0. The molecule has 5 nitrogen and oxygen atoms in total. The molecule has 0 aliphatic carbocycles. The number of nitrogens with zero attached hydrogens (tertiary/aromatic N) is 2. The van der Waals surface area contributed by atoms with Gasteiger partial charge in [0.05, 0.1) is 0 Å². The van der Waals surface area contributed by atoms with Crippen LogP contribution in [0.4, 0.5) is 5.82 Å². The van der Waals surface area contributed by atoms with Gasteiger partial charge in [-0.2, -0.15) is 0 Å². The van der Waals surface area contributed by atoms with Gasteiger partial charge < -0.3 is 15.3 Å². The Morgan fingerprint density at radius 2 is 2.06 bits per heavy atom. The number of anilines is 1. The van der Waals surface area contributed by atoms with E-state index in [0.717, 1.165) is 25.3 Å². The highest BCUT2D eigenvalue weighted by Gasteiger charge is 2.11. The van der Waals surface area contributed by atoms with E-state index < -0.39 is 5.97 Å². The van der Waals surface area contributed by atoms with Crippen molar-refractivity contribution in [2.45, 2.75) is 20.8 Å². The molecule has 0 aliphatic heterocycles. The summed E-state index contributed by atoms with van der Waals surface area (Å²) < 4.78 is 0. The van der Waals surface area contributed by atoms with Crippen molar-refractivity contribution < 1.29 is 9.90 Å². The van der Waals surface area contributed by atoms with Gasteiger partial charge in [-0.1, -0.05) is 13.8 Å². The minimum Gasteiger partial charge on any atom is -0.478 e. The topological polar surface area (TPSA) is 65.5 Å². The molecule has 0 spiro atoms. The van der Waals surface area contributed by atoms with Crippen molar-refractivity contribution in [3.8, 4) is 0 Å². The van der Waals surface area contributed by atoms with Gasteiger partial charge in [0.1, 0.15) is 11.4 Å². The number of likely N-dealkylation sites (N-methyl/N-ethyl adjacent to an activating group) is 1. The van der Waals surface area contributed by atoms with Gasteiger partial charge in [0.25, 0.3) is 0 Å². The van der Waals surface area contributed by atoms with Gasteiger partial charge in [-0.25, -0.2) is 9.78 Å². The predicted octanol–water partition coefficient (Wildman–Crippen LogP) is 1.84. The Labute approximate surface area is 108 Å². The largest absolute Gasteiger partial charge is 0.478 e. The number of nitrogens with one attached hydrogen (secondary N) is 1. The molecular weight excluding hydrogens is 230 g/mol. The Balaban J connectivity index is 2.66. The molecule has 5 heteroatoms. The number of aryl methyl sites for hydroxylation is 1. The van der Waals surface area contributed by atoms with Crippen molar-refractivity contribution >= 4 is 11.8 Å². The van der Waals surface area contributed by atoms with E-state index in [1.54, 1.807) is 12.1 Å². The molecular formula is C13H21N3O2. The van der Waals surface area contributed by atoms with Gasteiger partial charge in [0.2, 0.25) is 0 Å². The first-order valence-corrected chi connectivity index (χ1v) is 6.25. The third-order valence-electron chi connectivity index (χ3n) is 2.88. The minimum atomic E-state index is -0.951. The first-order chi connectivity index (χ1) is 8.58. The highest BCUT2D eigenvalue weighted by atomic mass is 16.4. The fourth-order valence-electron chi connectivity index (χ4n) is 1.74. The SMILES string of the molecule is CCN(CC)CCNc1nc(C)ccc1C(=O)O. The van der Waals surface area contributed by atoms with E-state index in [0.29, 0.717) is 12.4 Å². The molecule has 0 aliphatic rings. The smallest absolute Gasteiger partial charge is 0.339 e. The van der Waals surface area contributed by atoms with Crippen molar-refractivity contribution in [3.05, 3.63) is 23.4 Å². The van der Waals surface area contributed by atoms with E-state index >= 15 is 0 Å². The molecule has 0 radical (unpaired) electrons. The fourth-order valence-corrected chi connectivity index (χ4v) is 1.74. The lowest BCUT2D eigenvalue weighted by atomic mass is 10.2. The monoisotopic (exact) mass is 251 g/mol. The maximum atomic E-state index is 11.1. The normalized spacial score (nSPS) is 10.7. The van der Waals surface area contributed by atoms with Crippen LogP contribution in [0, 0.1) is 6.92 Å². The third kappa shape index (κ3) is 4.00. The zero-order chi connectivity index (χ0) is 13.5. The van der Waals surface area contributed by atoms with Crippen molar-refractivity contribution in [1.29, 1.82) is 0 Å². The number of aromatic carboxylic acids is 1. The van der Waals surface area contributed by atoms with Crippen molar-refractivity contribution in [2.24, 2.45) is 0 Å². The molecule has 100 valence electrons. The van der Waals surface area contributed by atoms with E-state index in [4.69, 9.17) is 5.11 Å². The second-order valence-electron chi connectivity index (χ2n) is 4.11. The number of carbonyl (C=O) groups is 1. The van der Waals surface area contributed by atoms with Crippen molar-refractivity contribution in [1.82, 2.24) is 9.88 Å². The molecule has 1 aromatic rings. The highest BCUT2D eigenvalue weighted by molar-refractivity contribution is 5.93. The Hall–Kier alpha value is -1.62. The van der Waals surface area contributed by atoms with E-state index in [9.17, 15) is 4.79 Å². The summed E-state index contributed by atoms with van der Waals surface area (Å²) in [5.74, 6) is -0.498. The van der Waals surface area contributed by atoms with Gasteiger partial charge in [0, 0.05) is 18.8 Å². The van der Waals surface area contributed by atoms with Gasteiger partial charge in [-0.05, 0) is 32.1 Å². The molecule has 1 rings (SSSR count). The Morgan fingerprint density at radius 1 is 1.39 bits per heavy atom. The lowest BCUT2D eigenvalue weighted by molar-refractivity contribution is 0.0697. The van der Waals surface area contributed by atoms with Crippen LogP contribution in [-0.2, 0) is 0 Å². The van der Waals surface area contributed by atoms with E-state index in [1.165, 1.54) is 0 Å². The Bertz CT molecular complexity index is 403. The fraction of sp³-hybridized carbons (Fsp3) is 0.538. The number of hydrogen-bond donors (Lipinski definition) is 2. The number of rotatable bonds is 7. The second-order valence-corrected chi connectivity index (χ2v) is 4.11. The summed E-state index contributed by atoms with van der Waals surface area (Å²) in [4.78, 5) is 17.6. The van der Waals surface area contributed by atoms with Gasteiger partial charge in [0.15, 0.2) is 0 Å². The quantitative estimate of drug-likeness (QED) is 0.774. The lowest BCUT2D eigenvalue weighted by Gasteiger charge is -2.18. The average molecular weight is 251 g/mol. The molecule has 0 aromatic carbocycles. The number of carboxylic acid groups (broad SMARTS) is 1. The second kappa shape index (κ2) is 6.96. The van der Waals surface area contributed by atoms with Crippen LogP contribution in [0.2, 0.25) is 0 Å². The van der Waals surface area contributed by atoms with Crippen molar-refractivity contribution in [2.75, 3.05) is 31.5 Å². The standard InChI is InChI=1S/C13H21N3O2/c1-4-16(5-2)9-8-14-12-11(13(17)18)7-6-10(3)15-12/h6-7H,4-5,8-9H2,1-3H3,(H,14,15)(H,17,18). The lowest BCUT2D eigenvalue weighted by Crippen LogP contribution is -2.29. The summed E-state index contributed by atoms with van der Waals surface area (Å²) >= 11 is 0. The third-order valence-corrected chi connectivity index (χ3v) is 2.88. The van der Waals surface area contributed by atoms with Crippen LogP contribution in [0.15, 0.2) is 12.1 Å². The van der Waals surface area contributed by atoms with Crippen LogP contribution < -0.4 is 5.32 Å². The number of carboxylic acids is 1. The minimum absolute atomic E-state index is 0.222. The number of hydrogen-bond acceptors (Lipinski definition) is 4. The molecule has 1 aromatic heterocycles. The predicted molar refractivity (Wildman–Crippen MR) is 72.2 cm³/mol. The molecule has 0 saturated heterocycles. The summed E-state index contributed by atoms with van der Waals surface area (Å²) in [6.45, 7) is 9.62. The van der Waals surface area contributed by atoms with Crippen LogP contribution in [0.3, 0.4) is 0 Å². The highest BCUT2D eigenvalue weighted by Crippen LogP contribution is 2.13. The molecule has 2 N–H and O–H groups in total. The first-order valence-electron chi connectivity index (χ1n) is 6.25. The van der Waals surface area contributed by atoms with Crippen LogP contribution >= 0.6 is 0 Å².